The normalized spacial score (nSPS) is 20.7. The molecule has 2 aliphatic carbocycles. The second-order valence-electron chi connectivity index (χ2n) is 15.6. The standard InChI is InChI=1S/C47H54O7/c1-6-33(3)35-15-17-36(18-16-35)43(49)54-47(39-21-25-40(51-5)26-22-39)30-27-34(32-47)31-45(4,7-2)44(50)52-41-23-19-37(20-24-41)42(48)53-46(28-11-12-29-46)38-13-9-8-10-14-38/h8-10,13-26,33-34H,6-7,11-12,27-32H2,1-5H3. The summed E-state index contributed by atoms with van der Waals surface area (Å²) < 4.78 is 24.0. The van der Waals surface area contributed by atoms with Crippen LogP contribution in [0.15, 0.2) is 103 Å². The number of hydrogen-bond donors (Lipinski definition) is 0. The van der Waals surface area contributed by atoms with Crippen LogP contribution in [0.25, 0.3) is 0 Å². The molecule has 54 heavy (non-hydrogen) atoms. The van der Waals surface area contributed by atoms with Crippen molar-refractivity contribution in [3.63, 3.8) is 0 Å². The Labute approximate surface area is 320 Å². The van der Waals surface area contributed by atoms with E-state index in [1.807, 2.05) is 92.7 Å². The second-order valence-corrected chi connectivity index (χ2v) is 15.6. The fourth-order valence-electron chi connectivity index (χ4n) is 8.28. The van der Waals surface area contributed by atoms with Crippen LogP contribution in [0.4, 0.5) is 0 Å². The summed E-state index contributed by atoms with van der Waals surface area (Å²) in [7, 11) is 1.63. The van der Waals surface area contributed by atoms with Crippen LogP contribution in [-0.2, 0) is 25.5 Å². The SMILES string of the molecule is CCC(C)c1ccc(C(=O)OC2(c3ccc(OC)cc3)CCC(CC(C)(CC)C(=O)Oc3ccc(C(=O)OC4(c5ccccc5)CCCC4)cc3)C2)cc1. The summed E-state index contributed by atoms with van der Waals surface area (Å²) in [5.74, 6) is 0.555. The molecule has 0 aromatic heterocycles. The highest BCUT2D eigenvalue weighted by atomic mass is 16.6. The Bertz CT molecular complexity index is 1880. The lowest BCUT2D eigenvalue weighted by Crippen LogP contribution is -2.34. The molecule has 0 radical (unpaired) electrons. The van der Waals surface area contributed by atoms with Crippen LogP contribution in [0.3, 0.4) is 0 Å². The van der Waals surface area contributed by atoms with E-state index in [-0.39, 0.29) is 23.8 Å². The maximum atomic E-state index is 13.8. The van der Waals surface area contributed by atoms with Crippen molar-refractivity contribution in [3.05, 3.63) is 131 Å². The van der Waals surface area contributed by atoms with Crippen molar-refractivity contribution in [1.29, 1.82) is 0 Å². The van der Waals surface area contributed by atoms with Gasteiger partial charge in [-0.3, -0.25) is 4.79 Å². The minimum Gasteiger partial charge on any atom is -0.497 e. The first-order valence-corrected chi connectivity index (χ1v) is 19.6. The van der Waals surface area contributed by atoms with Gasteiger partial charge in [0, 0.05) is 0 Å². The first kappa shape index (κ1) is 38.8. The lowest BCUT2D eigenvalue weighted by atomic mass is 9.77. The van der Waals surface area contributed by atoms with Gasteiger partial charge >= 0.3 is 17.9 Å². The number of rotatable bonds is 14. The van der Waals surface area contributed by atoms with E-state index >= 15 is 0 Å². The van der Waals surface area contributed by atoms with Crippen LogP contribution in [-0.4, -0.2) is 25.0 Å². The molecule has 4 atom stereocenters. The smallest absolute Gasteiger partial charge is 0.339 e. The molecule has 2 aliphatic rings. The van der Waals surface area contributed by atoms with Gasteiger partial charge in [0.1, 0.15) is 22.7 Å². The third-order valence-electron chi connectivity index (χ3n) is 12.1. The number of methoxy groups -OCH3 is 1. The quantitative estimate of drug-likeness (QED) is 0.0942. The van der Waals surface area contributed by atoms with Gasteiger partial charge in [-0.15, -0.1) is 0 Å². The maximum Gasteiger partial charge on any atom is 0.339 e. The van der Waals surface area contributed by atoms with Crippen molar-refractivity contribution >= 4 is 17.9 Å². The molecular weight excluding hydrogens is 677 g/mol. The van der Waals surface area contributed by atoms with Gasteiger partial charge < -0.3 is 18.9 Å². The van der Waals surface area contributed by atoms with E-state index in [0.29, 0.717) is 48.5 Å². The Hall–Kier alpha value is -4.91. The Balaban J connectivity index is 1.13. The monoisotopic (exact) mass is 730 g/mol. The topological polar surface area (TPSA) is 88.1 Å². The minimum absolute atomic E-state index is 0.106. The molecule has 2 fully saturated rings. The molecular formula is C47H54O7. The molecule has 4 unspecified atom stereocenters. The molecule has 0 heterocycles. The lowest BCUT2D eigenvalue weighted by Gasteiger charge is -2.32. The van der Waals surface area contributed by atoms with Gasteiger partial charge in [0.15, 0.2) is 0 Å². The van der Waals surface area contributed by atoms with Gasteiger partial charge in [-0.25, -0.2) is 9.59 Å². The molecule has 284 valence electrons. The number of carbonyl (C=O) groups is 3. The van der Waals surface area contributed by atoms with Gasteiger partial charge in [0.25, 0.3) is 0 Å². The third-order valence-corrected chi connectivity index (χ3v) is 12.1. The Morgan fingerprint density at radius 3 is 1.85 bits per heavy atom. The summed E-state index contributed by atoms with van der Waals surface area (Å²) in [6, 6.07) is 32.1. The number of carbonyl (C=O) groups excluding carboxylic acids is 3. The number of ether oxygens (including phenoxy) is 4. The van der Waals surface area contributed by atoms with Crippen molar-refractivity contribution in [2.24, 2.45) is 11.3 Å². The first-order valence-electron chi connectivity index (χ1n) is 19.6. The molecule has 0 aliphatic heterocycles. The lowest BCUT2D eigenvalue weighted by molar-refractivity contribution is -0.146. The molecule has 2 saturated carbocycles. The van der Waals surface area contributed by atoms with Gasteiger partial charge in [-0.2, -0.15) is 0 Å². The van der Waals surface area contributed by atoms with Crippen molar-refractivity contribution in [1.82, 2.24) is 0 Å². The van der Waals surface area contributed by atoms with E-state index < -0.39 is 16.6 Å². The highest BCUT2D eigenvalue weighted by Gasteiger charge is 2.47. The van der Waals surface area contributed by atoms with Gasteiger partial charge in [0.05, 0.1) is 23.7 Å². The van der Waals surface area contributed by atoms with Gasteiger partial charge in [0.2, 0.25) is 0 Å². The highest BCUT2D eigenvalue weighted by molar-refractivity contribution is 5.90. The van der Waals surface area contributed by atoms with E-state index in [1.165, 1.54) is 5.56 Å². The minimum atomic E-state index is -0.843. The van der Waals surface area contributed by atoms with Crippen LogP contribution in [0, 0.1) is 11.3 Å². The predicted molar refractivity (Wildman–Crippen MR) is 210 cm³/mol. The Morgan fingerprint density at radius 2 is 1.28 bits per heavy atom. The summed E-state index contributed by atoms with van der Waals surface area (Å²) in [6.07, 6.45) is 7.79. The highest BCUT2D eigenvalue weighted by Crippen LogP contribution is 2.50. The van der Waals surface area contributed by atoms with Crippen molar-refractivity contribution < 1.29 is 33.3 Å². The summed E-state index contributed by atoms with van der Waals surface area (Å²) in [5.41, 5.74) is 1.83. The number of hydrogen-bond acceptors (Lipinski definition) is 7. The fourth-order valence-corrected chi connectivity index (χ4v) is 8.28. The third kappa shape index (κ3) is 8.41. The molecule has 0 bridgehead atoms. The molecule has 6 rings (SSSR count). The van der Waals surface area contributed by atoms with Crippen molar-refractivity contribution in [3.8, 4) is 11.5 Å². The molecule has 7 heteroatoms. The van der Waals surface area contributed by atoms with Gasteiger partial charge in [-0.05, 0) is 148 Å². The molecule has 0 spiro atoms. The average Bonchev–Trinajstić information content (AvgIpc) is 3.86. The zero-order chi connectivity index (χ0) is 38.3. The van der Waals surface area contributed by atoms with Crippen LogP contribution in [0.2, 0.25) is 0 Å². The largest absolute Gasteiger partial charge is 0.497 e. The molecule has 0 N–H and O–H groups in total. The molecule has 0 amide bonds. The summed E-state index contributed by atoms with van der Waals surface area (Å²) in [5, 5.41) is 0. The molecule has 4 aromatic rings. The van der Waals surface area contributed by atoms with Crippen LogP contribution >= 0.6 is 0 Å². The van der Waals surface area contributed by atoms with E-state index in [2.05, 4.69) is 13.8 Å². The maximum absolute atomic E-state index is 13.8. The van der Waals surface area contributed by atoms with E-state index in [9.17, 15) is 14.4 Å². The fraction of sp³-hybridized carbons (Fsp3) is 0.426. The van der Waals surface area contributed by atoms with Crippen LogP contribution in [0.5, 0.6) is 11.5 Å². The van der Waals surface area contributed by atoms with Gasteiger partial charge in [-0.1, -0.05) is 75.4 Å². The number of benzene rings is 4. The first-order chi connectivity index (χ1) is 26.0. The zero-order valence-electron chi connectivity index (χ0n) is 32.4. The van der Waals surface area contributed by atoms with Crippen molar-refractivity contribution in [2.75, 3.05) is 7.11 Å². The predicted octanol–water partition coefficient (Wildman–Crippen LogP) is 11.1. The van der Waals surface area contributed by atoms with Crippen LogP contribution < -0.4 is 9.47 Å². The second kappa shape index (κ2) is 16.6. The van der Waals surface area contributed by atoms with Crippen molar-refractivity contribution in [2.45, 2.75) is 109 Å². The van der Waals surface area contributed by atoms with E-state index in [0.717, 1.165) is 55.4 Å². The Kier molecular flexibility index (Phi) is 11.9. The van der Waals surface area contributed by atoms with Crippen LogP contribution in [0.1, 0.15) is 135 Å². The number of esters is 3. The summed E-state index contributed by atoms with van der Waals surface area (Å²) in [6.45, 7) is 8.28. The molecule has 0 saturated heterocycles. The summed E-state index contributed by atoms with van der Waals surface area (Å²) in [4.78, 5) is 40.9. The molecule has 7 nitrogen and oxygen atoms in total. The molecule has 4 aromatic carbocycles. The Morgan fingerprint density at radius 1 is 0.722 bits per heavy atom. The van der Waals surface area contributed by atoms with E-state index in [1.54, 1.807) is 31.4 Å². The average molecular weight is 731 g/mol. The van der Waals surface area contributed by atoms with E-state index in [4.69, 9.17) is 18.9 Å². The zero-order valence-corrected chi connectivity index (χ0v) is 32.4. The summed E-state index contributed by atoms with van der Waals surface area (Å²) >= 11 is 0.